The first-order valence-electron chi connectivity index (χ1n) is 26.5. The third-order valence-electron chi connectivity index (χ3n) is 14.7. The van der Waals surface area contributed by atoms with Gasteiger partial charge in [0.1, 0.15) is 5.25 Å². The molecule has 7 rings (SSSR count). The van der Waals surface area contributed by atoms with Crippen molar-refractivity contribution in [2.75, 3.05) is 52.3 Å². The van der Waals surface area contributed by atoms with E-state index >= 15 is 0 Å². The zero-order chi connectivity index (χ0) is 59.8. The molecule has 3 aliphatic carbocycles. The van der Waals surface area contributed by atoms with E-state index in [1.807, 2.05) is 0 Å². The number of hydrogen-bond acceptors (Lipinski definition) is 21. The third kappa shape index (κ3) is 24.3. The van der Waals surface area contributed by atoms with E-state index in [1.54, 1.807) is 27.9 Å². The summed E-state index contributed by atoms with van der Waals surface area (Å²) in [6, 6.07) is 0. The maximum atomic E-state index is 12.5. The Balaban J connectivity index is 0.00000113. The molecule has 4 unspecified atom stereocenters. The minimum Gasteiger partial charge on any atom is -0.691 e. The van der Waals surface area contributed by atoms with Crippen LogP contribution in [0.1, 0.15) is 119 Å². The Bertz CT molecular complexity index is 2280. The maximum absolute atomic E-state index is 12.5. The molecular weight excluding hydrogens is 1150 g/mol. The van der Waals surface area contributed by atoms with Crippen LogP contribution in [0, 0.1) is 47.3 Å². The van der Waals surface area contributed by atoms with Gasteiger partial charge in [0.15, 0.2) is 0 Å². The van der Waals surface area contributed by atoms with Crippen molar-refractivity contribution in [2.24, 2.45) is 64.5 Å². The number of thioether (sulfide) groups is 1. The van der Waals surface area contributed by atoms with Gasteiger partial charge in [-0.05, 0) is 102 Å². The normalized spacial score (nSPS) is 25.1. The van der Waals surface area contributed by atoms with Crippen LogP contribution >= 0.6 is 36.4 Å². The molecule has 0 radical (unpaired) electrons. The van der Waals surface area contributed by atoms with Crippen LogP contribution in [0.25, 0.3) is 0 Å². The van der Waals surface area contributed by atoms with Crippen molar-refractivity contribution in [3.63, 3.8) is 0 Å². The molecule has 0 aromatic carbocycles. The second-order valence-electron chi connectivity index (χ2n) is 20.1. The second kappa shape index (κ2) is 39.8. The first kappa shape index (κ1) is 78.3. The summed E-state index contributed by atoms with van der Waals surface area (Å²) in [6.45, 7) is 4.70. The van der Waals surface area contributed by atoms with Gasteiger partial charge in [0.05, 0.1) is 17.6 Å². The summed E-state index contributed by atoms with van der Waals surface area (Å²) >= 11 is 5.57. The number of likely N-dealkylation sites (tertiary alicyclic amines) is 1. The zero-order valence-corrected chi connectivity index (χ0v) is 51.3. The van der Waals surface area contributed by atoms with Gasteiger partial charge in [0.2, 0.25) is 35.4 Å². The Kier molecular flexibility index (Phi) is 37.5. The monoisotopic (exact) mass is 1240 g/mol. The molecule has 30 heteroatoms. The van der Waals surface area contributed by atoms with Gasteiger partial charge in [0, 0.05) is 112 Å². The number of nitrogens with zero attached hydrogens (tertiary/aromatic N) is 4. The number of hydroxylamine groups is 2. The number of carbonyl (C=O) groups excluding carboxylic acids is 13. The van der Waals surface area contributed by atoms with Crippen molar-refractivity contribution in [2.45, 2.75) is 129 Å². The first-order valence-corrected chi connectivity index (χ1v) is 29.0. The van der Waals surface area contributed by atoms with Crippen LogP contribution < -0.4 is 62.6 Å². The van der Waals surface area contributed by atoms with E-state index in [9.17, 15) is 67.6 Å². The largest absolute Gasteiger partial charge is 1.00 e. The van der Waals surface area contributed by atoms with Crippen molar-refractivity contribution >= 4 is 113 Å². The molecule has 4 heterocycles. The van der Waals surface area contributed by atoms with Crippen LogP contribution in [-0.2, 0) is 76.5 Å². The molecule has 0 aromatic heterocycles. The maximum Gasteiger partial charge on any atom is 1.00 e. The molecule has 4 aliphatic heterocycles. The summed E-state index contributed by atoms with van der Waals surface area (Å²) in [6.07, 6.45) is 13.9. The van der Waals surface area contributed by atoms with Gasteiger partial charge < -0.3 is 37.9 Å². The fourth-order valence-corrected chi connectivity index (χ4v) is 11.5. The van der Waals surface area contributed by atoms with Gasteiger partial charge in [-0.3, -0.25) is 77.3 Å². The number of nitrogens with two attached hydrogens (primary N) is 3. The van der Waals surface area contributed by atoms with Crippen molar-refractivity contribution < 1.29 is 111 Å². The van der Waals surface area contributed by atoms with Gasteiger partial charge in [0.25, 0.3) is 35.4 Å². The molecule has 5 fully saturated rings. The number of primary amides is 2. The molecule has 0 spiro atoms. The van der Waals surface area contributed by atoms with Crippen molar-refractivity contribution in [1.29, 1.82) is 0 Å². The molecule has 8 N–H and O–H groups in total. The number of imide groups is 4. The number of thiol groups is 1. The standard InChI is InChI=1S/C17H27N3O4S.C16H18N2O9S.C13H18N2O3.C4H9NOS.CH5N.2CH4.Na/c1-10(15(18)22)9-25-13-7-14(21)20(17(13)24)8-11-3-5-12(6-4-11)16(23)19-2;19-12-5-6-13(20)17(12)8-9-1-3-10(4-2-9)16(23)25-18-14(21)7-11(15(18)22)28-27-26-24;1-14-13(18)10-4-2-9(3-5-10)8-15-11(16)6-7-12(15)17;1-3(2-7)4(5)6;1-2;;;/h10-13H,3-9H2,1-2H3,(H2,18,22)(H,19,23);5-6,9-11,24H,1-4,7-8H2;6-7,9-10H,2-5,8H2,1H3,(H,14,18);3,7H,2H2,1H3,(H2,5,6);2H2,1H3;2*1H4;/q;;;;;;;+1/p-1. The summed E-state index contributed by atoms with van der Waals surface area (Å²) in [4.78, 5) is 160. The SMILES string of the molecule is C.C.CC(CS)C(N)=O.CN.CNC(=O)C1CCC(CN2C(=O)C=CC2=O)CC1.CNC(=O)C1CCC(CN2C(=O)CC(SCC(C)C(N)=O)C2=O)CC1.O=C(ON1C(=O)CC(SOO[O-])C1=O)C1CCC(CN2C(=O)C=CC2=O)CC1.[Na+]. The average Bonchev–Trinajstić information content (AvgIpc) is 4.19. The number of nitrogens with one attached hydrogen (secondary N) is 2. The van der Waals surface area contributed by atoms with Crippen LogP contribution in [-0.4, -0.2) is 159 Å². The average molecular weight is 1240 g/mol. The predicted molar refractivity (Wildman–Crippen MR) is 304 cm³/mol. The van der Waals surface area contributed by atoms with Gasteiger partial charge >= 0.3 is 35.5 Å². The summed E-state index contributed by atoms with van der Waals surface area (Å²) in [5.41, 5.74) is 14.6. The summed E-state index contributed by atoms with van der Waals surface area (Å²) in [7, 11) is 4.80. The Hall–Kier alpha value is -4.72. The first-order chi connectivity index (χ1) is 38.0. The van der Waals surface area contributed by atoms with Gasteiger partial charge in [-0.25, -0.2) is 4.79 Å². The fraction of sp³-hybridized carbons (Fsp3) is 0.679. The number of carbonyl (C=O) groups is 13. The van der Waals surface area contributed by atoms with Crippen LogP contribution in [0.3, 0.4) is 0 Å². The van der Waals surface area contributed by atoms with E-state index < -0.39 is 40.1 Å². The van der Waals surface area contributed by atoms with E-state index in [0.717, 1.165) is 51.4 Å². The van der Waals surface area contributed by atoms with E-state index in [0.29, 0.717) is 79.8 Å². The van der Waals surface area contributed by atoms with Crippen molar-refractivity contribution in [1.82, 2.24) is 30.4 Å². The molecule has 83 heavy (non-hydrogen) atoms. The van der Waals surface area contributed by atoms with Crippen molar-refractivity contribution in [3.05, 3.63) is 24.3 Å². The van der Waals surface area contributed by atoms with Gasteiger partial charge in [-0.2, -0.15) is 17.0 Å². The van der Waals surface area contributed by atoms with E-state index in [4.69, 9.17) is 16.3 Å². The van der Waals surface area contributed by atoms with Gasteiger partial charge in [-0.1, -0.05) is 28.7 Å². The minimum absolute atomic E-state index is 0. The van der Waals surface area contributed by atoms with Crippen LogP contribution in [0.15, 0.2) is 24.3 Å². The van der Waals surface area contributed by atoms with Crippen molar-refractivity contribution in [3.8, 4) is 0 Å². The Morgan fingerprint density at radius 2 is 0.976 bits per heavy atom. The summed E-state index contributed by atoms with van der Waals surface area (Å²) in [5, 5.41) is 17.3. The molecule has 3 saturated carbocycles. The Morgan fingerprint density at radius 3 is 1.33 bits per heavy atom. The van der Waals surface area contributed by atoms with E-state index in [2.05, 4.69) is 38.4 Å². The topological polar surface area (TPSA) is 388 Å². The molecule has 7 aliphatic rings. The molecule has 12 amide bonds. The number of amides is 12. The Morgan fingerprint density at radius 1 is 0.602 bits per heavy atom. The molecule has 0 aromatic rings. The predicted octanol–water partition coefficient (Wildman–Crippen LogP) is -1.95. The van der Waals surface area contributed by atoms with E-state index in [1.165, 1.54) is 57.8 Å². The smallest absolute Gasteiger partial charge is 0.691 e. The minimum atomic E-state index is -1.02. The molecule has 462 valence electrons. The van der Waals surface area contributed by atoms with E-state index in [-0.39, 0.29) is 146 Å². The van der Waals surface area contributed by atoms with Gasteiger partial charge in [-0.15, -0.1) is 16.8 Å². The third-order valence-corrected chi connectivity index (χ3v) is 17.4. The molecule has 26 nitrogen and oxygen atoms in total. The molecule has 2 saturated heterocycles. The second-order valence-corrected chi connectivity index (χ2v) is 22.6. The van der Waals surface area contributed by atoms with Crippen LogP contribution in [0.2, 0.25) is 0 Å². The quantitative estimate of drug-likeness (QED) is 0.0204. The molecule has 0 bridgehead atoms. The zero-order valence-electron chi connectivity index (χ0n) is 46.7. The summed E-state index contributed by atoms with van der Waals surface area (Å²) in [5.74, 6) is -3.20. The molecule has 4 atom stereocenters. The molecular formula is C53H84N9NaO17S3. The summed E-state index contributed by atoms with van der Waals surface area (Å²) < 4.78 is 4.05. The fourth-order valence-electron chi connectivity index (χ4n) is 9.59. The number of rotatable bonds is 19. The Labute approximate surface area is 522 Å². The van der Waals surface area contributed by atoms with Crippen LogP contribution in [0.4, 0.5) is 0 Å². The number of hydrogen-bond donors (Lipinski definition) is 6. The van der Waals surface area contributed by atoms with Crippen LogP contribution in [0.5, 0.6) is 0 Å².